The van der Waals surface area contributed by atoms with E-state index in [4.69, 9.17) is 10.4 Å². The molecule has 5 heteroatoms. The Bertz CT molecular complexity index is 452. The highest BCUT2D eigenvalue weighted by Gasteiger charge is 2.18. The van der Waals surface area contributed by atoms with Crippen molar-refractivity contribution in [2.45, 2.75) is 20.3 Å². The van der Waals surface area contributed by atoms with Crippen molar-refractivity contribution in [3.8, 4) is 6.07 Å². The lowest BCUT2D eigenvalue weighted by Crippen LogP contribution is -2.24. The molecule has 0 radical (unpaired) electrons. The highest BCUT2D eigenvalue weighted by Crippen LogP contribution is 2.14. The number of hydrogen-bond donors (Lipinski definition) is 2. The summed E-state index contributed by atoms with van der Waals surface area (Å²) in [5.74, 6) is -0.894. The summed E-state index contributed by atoms with van der Waals surface area (Å²) < 4.78 is 0. The normalized spacial score (nSPS) is 11.9. The van der Waals surface area contributed by atoms with Crippen molar-refractivity contribution >= 4 is 11.7 Å². The van der Waals surface area contributed by atoms with E-state index in [1.807, 2.05) is 19.9 Å². The summed E-state index contributed by atoms with van der Waals surface area (Å²) in [6, 6.07) is 5.27. The molecule has 1 rings (SSSR count). The van der Waals surface area contributed by atoms with Crippen LogP contribution in [-0.4, -0.2) is 22.6 Å². The molecule has 0 amide bonds. The Morgan fingerprint density at radius 3 is 2.89 bits per heavy atom. The fourth-order valence-electron chi connectivity index (χ4n) is 1.68. The lowest BCUT2D eigenvalue weighted by atomic mass is 9.97. The van der Waals surface area contributed by atoms with Gasteiger partial charge in [-0.25, -0.2) is 4.98 Å². The van der Waals surface area contributed by atoms with E-state index >= 15 is 0 Å². The summed E-state index contributed by atoms with van der Waals surface area (Å²) in [5, 5.41) is 20.8. The Kier molecular flexibility index (Phi) is 5.12. The maximum atomic E-state index is 11.1. The van der Waals surface area contributed by atoms with Crippen LogP contribution in [0.4, 0.5) is 5.69 Å². The first-order valence-electron chi connectivity index (χ1n) is 5.85. The molecular formula is C13H17N3O2. The van der Waals surface area contributed by atoms with Gasteiger partial charge >= 0.3 is 5.97 Å². The number of carboxylic acid groups (broad SMARTS) is 1. The molecule has 0 saturated heterocycles. The molecule has 0 aromatic carbocycles. The Hall–Kier alpha value is -2.09. The minimum Gasteiger partial charge on any atom is -0.481 e. The van der Waals surface area contributed by atoms with E-state index in [1.54, 1.807) is 12.1 Å². The van der Waals surface area contributed by atoms with Gasteiger partial charge in [0.05, 0.1) is 5.92 Å². The van der Waals surface area contributed by atoms with Crippen LogP contribution in [0.1, 0.15) is 26.0 Å². The zero-order valence-electron chi connectivity index (χ0n) is 10.6. The van der Waals surface area contributed by atoms with Gasteiger partial charge in [0.15, 0.2) is 0 Å². The smallest absolute Gasteiger partial charge is 0.308 e. The molecule has 0 fully saturated rings. The summed E-state index contributed by atoms with van der Waals surface area (Å²) in [5.41, 5.74) is 1.03. The van der Waals surface area contributed by atoms with E-state index in [-0.39, 0.29) is 0 Å². The van der Waals surface area contributed by atoms with Gasteiger partial charge in [0, 0.05) is 18.4 Å². The monoisotopic (exact) mass is 247 g/mol. The van der Waals surface area contributed by atoms with E-state index in [0.29, 0.717) is 24.6 Å². The second kappa shape index (κ2) is 6.60. The molecule has 18 heavy (non-hydrogen) atoms. The summed E-state index contributed by atoms with van der Waals surface area (Å²) in [6.07, 6.45) is 2.15. The number of hydrogen-bond acceptors (Lipinski definition) is 4. The van der Waals surface area contributed by atoms with E-state index in [2.05, 4.69) is 10.3 Å². The van der Waals surface area contributed by atoms with Gasteiger partial charge in [-0.2, -0.15) is 5.26 Å². The predicted octanol–water partition coefficient (Wildman–Crippen LogP) is 2.11. The van der Waals surface area contributed by atoms with Gasteiger partial charge in [-0.1, -0.05) is 13.8 Å². The SMILES string of the molecule is CC(C)CC(CNc1ccnc(C#N)c1)C(=O)O. The number of nitriles is 1. The van der Waals surface area contributed by atoms with Gasteiger partial charge in [0.25, 0.3) is 0 Å². The van der Waals surface area contributed by atoms with Crippen molar-refractivity contribution in [1.82, 2.24) is 4.98 Å². The highest BCUT2D eigenvalue weighted by atomic mass is 16.4. The maximum absolute atomic E-state index is 11.1. The molecule has 96 valence electrons. The lowest BCUT2D eigenvalue weighted by molar-refractivity contribution is -0.141. The quantitative estimate of drug-likeness (QED) is 0.804. The lowest BCUT2D eigenvalue weighted by Gasteiger charge is -2.16. The highest BCUT2D eigenvalue weighted by molar-refractivity contribution is 5.70. The van der Waals surface area contributed by atoms with Crippen LogP contribution in [-0.2, 0) is 4.79 Å². The van der Waals surface area contributed by atoms with Crippen LogP contribution in [0.3, 0.4) is 0 Å². The first-order valence-corrected chi connectivity index (χ1v) is 5.85. The average Bonchev–Trinajstić information content (AvgIpc) is 2.34. The predicted molar refractivity (Wildman–Crippen MR) is 68.0 cm³/mol. The van der Waals surface area contributed by atoms with Crippen LogP contribution < -0.4 is 5.32 Å². The molecule has 2 N–H and O–H groups in total. The van der Waals surface area contributed by atoms with Crippen molar-refractivity contribution in [1.29, 1.82) is 5.26 Å². The minimum absolute atomic E-state index is 0.315. The molecule has 0 saturated carbocycles. The maximum Gasteiger partial charge on any atom is 0.308 e. The first kappa shape index (κ1) is 14.0. The number of pyridine rings is 1. The van der Waals surface area contributed by atoms with E-state index in [1.165, 1.54) is 6.20 Å². The second-order valence-corrected chi connectivity index (χ2v) is 4.59. The zero-order valence-corrected chi connectivity index (χ0v) is 10.6. The fraction of sp³-hybridized carbons (Fsp3) is 0.462. The summed E-state index contributed by atoms with van der Waals surface area (Å²) in [4.78, 5) is 14.9. The fourth-order valence-corrected chi connectivity index (χ4v) is 1.68. The number of anilines is 1. The van der Waals surface area contributed by atoms with E-state index in [9.17, 15) is 4.79 Å². The van der Waals surface area contributed by atoms with E-state index in [0.717, 1.165) is 5.69 Å². The molecule has 5 nitrogen and oxygen atoms in total. The van der Waals surface area contributed by atoms with Crippen molar-refractivity contribution < 1.29 is 9.90 Å². The van der Waals surface area contributed by atoms with Crippen molar-refractivity contribution in [3.63, 3.8) is 0 Å². The third-order valence-corrected chi connectivity index (χ3v) is 2.53. The topological polar surface area (TPSA) is 86.0 Å². The molecule has 1 aromatic heterocycles. The van der Waals surface area contributed by atoms with Crippen LogP contribution in [0.15, 0.2) is 18.3 Å². The summed E-state index contributed by atoms with van der Waals surface area (Å²) >= 11 is 0. The molecule has 0 aliphatic rings. The Labute approximate surface area is 106 Å². The zero-order chi connectivity index (χ0) is 13.5. The molecule has 0 bridgehead atoms. The van der Waals surface area contributed by atoms with Crippen molar-refractivity contribution in [2.75, 3.05) is 11.9 Å². The van der Waals surface area contributed by atoms with Crippen LogP contribution in [0.25, 0.3) is 0 Å². The molecule has 1 aromatic rings. The molecule has 0 aliphatic heterocycles. The number of aliphatic carboxylic acids is 1. The number of aromatic nitrogens is 1. The van der Waals surface area contributed by atoms with Gasteiger partial charge in [-0.3, -0.25) is 4.79 Å². The summed E-state index contributed by atoms with van der Waals surface area (Å²) in [7, 11) is 0. The van der Waals surface area contributed by atoms with Crippen LogP contribution in [0.5, 0.6) is 0 Å². The van der Waals surface area contributed by atoms with Crippen LogP contribution >= 0.6 is 0 Å². The number of nitrogens with zero attached hydrogens (tertiary/aromatic N) is 2. The van der Waals surface area contributed by atoms with Gasteiger partial charge in [0.2, 0.25) is 0 Å². The first-order chi connectivity index (χ1) is 8.52. The largest absolute Gasteiger partial charge is 0.481 e. The molecule has 1 unspecified atom stereocenters. The molecular weight excluding hydrogens is 230 g/mol. The number of carbonyl (C=O) groups is 1. The number of nitrogens with one attached hydrogen (secondary N) is 1. The summed E-state index contributed by atoms with van der Waals surface area (Å²) in [6.45, 7) is 4.34. The van der Waals surface area contributed by atoms with Gasteiger partial charge in [-0.05, 0) is 24.5 Å². The Morgan fingerprint density at radius 2 is 2.33 bits per heavy atom. The van der Waals surface area contributed by atoms with E-state index < -0.39 is 11.9 Å². The average molecular weight is 247 g/mol. The van der Waals surface area contributed by atoms with Crippen molar-refractivity contribution in [3.05, 3.63) is 24.0 Å². The third kappa shape index (κ3) is 4.42. The number of rotatable bonds is 6. The molecule has 1 atom stereocenters. The van der Waals surface area contributed by atoms with Gasteiger partial charge in [-0.15, -0.1) is 0 Å². The Balaban J connectivity index is 2.61. The standard InChI is InChI=1S/C13H17N3O2/c1-9(2)5-10(13(17)18)8-16-11-3-4-15-12(6-11)7-14/h3-4,6,9-10H,5,8H2,1-2H3,(H,15,16)(H,17,18). The van der Waals surface area contributed by atoms with Crippen molar-refractivity contribution in [2.24, 2.45) is 11.8 Å². The molecule has 0 aliphatic carbocycles. The third-order valence-electron chi connectivity index (χ3n) is 2.53. The Morgan fingerprint density at radius 1 is 1.61 bits per heavy atom. The van der Waals surface area contributed by atoms with Crippen LogP contribution in [0, 0.1) is 23.2 Å². The molecule has 1 heterocycles. The molecule has 0 spiro atoms. The van der Waals surface area contributed by atoms with Gasteiger partial charge < -0.3 is 10.4 Å². The van der Waals surface area contributed by atoms with Gasteiger partial charge in [0.1, 0.15) is 11.8 Å². The number of carboxylic acids is 1. The second-order valence-electron chi connectivity index (χ2n) is 4.59. The minimum atomic E-state index is -0.800. The van der Waals surface area contributed by atoms with Crippen LogP contribution in [0.2, 0.25) is 0 Å².